The molecule has 0 fully saturated rings. The van der Waals surface area contributed by atoms with Gasteiger partial charge in [0, 0.05) is 23.1 Å². The summed E-state index contributed by atoms with van der Waals surface area (Å²) in [5.74, 6) is -0.945. The maximum Gasteiger partial charge on any atom is 0.264 e. The summed E-state index contributed by atoms with van der Waals surface area (Å²) in [6, 6.07) is 18.1. The second-order valence-corrected chi connectivity index (χ2v) is 12.0. The Morgan fingerprint density at radius 1 is 0.923 bits per heavy atom. The van der Waals surface area contributed by atoms with Crippen molar-refractivity contribution < 1.29 is 18.0 Å². The van der Waals surface area contributed by atoms with Crippen LogP contribution < -0.4 is 9.62 Å². The highest BCUT2D eigenvalue weighted by Gasteiger charge is 2.33. The second kappa shape index (κ2) is 14.0. The predicted molar refractivity (Wildman–Crippen MR) is 157 cm³/mol. The monoisotopic (exact) mass is 609 g/mol. The zero-order chi connectivity index (χ0) is 28.6. The third kappa shape index (κ3) is 8.11. The van der Waals surface area contributed by atoms with Crippen molar-refractivity contribution in [2.75, 3.05) is 17.4 Å². The van der Waals surface area contributed by atoms with Gasteiger partial charge in [0.05, 0.1) is 15.6 Å². The molecule has 3 aromatic carbocycles. The minimum atomic E-state index is -4.22. The molecule has 0 heterocycles. The van der Waals surface area contributed by atoms with Crippen molar-refractivity contribution >= 4 is 62.3 Å². The third-order valence-electron chi connectivity index (χ3n) is 6.03. The van der Waals surface area contributed by atoms with Gasteiger partial charge in [-0.25, -0.2) is 8.42 Å². The average molecular weight is 611 g/mol. The highest BCUT2D eigenvalue weighted by Crippen LogP contribution is 2.33. The van der Waals surface area contributed by atoms with Gasteiger partial charge >= 0.3 is 0 Å². The maximum absolute atomic E-state index is 13.9. The summed E-state index contributed by atoms with van der Waals surface area (Å²) in [6.07, 6.45) is 1.69. The Morgan fingerprint density at radius 2 is 1.62 bits per heavy atom. The number of rotatable bonds is 12. The van der Waals surface area contributed by atoms with E-state index in [0.717, 1.165) is 17.1 Å². The molecular weight excluding hydrogens is 581 g/mol. The molecule has 3 aromatic rings. The smallest absolute Gasteiger partial charge is 0.264 e. The molecule has 3 rings (SSSR count). The Balaban J connectivity index is 2.02. The van der Waals surface area contributed by atoms with Gasteiger partial charge in [0.1, 0.15) is 12.6 Å². The summed E-state index contributed by atoms with van der Waals surface area (Å²) < 4.78 is 28.5. The van der Waals surface area contributed by atoms with Crippen molar-refractivity contribution in [2.45, 2.75) is 44.2 Å². The molecule has 2 amide bonds. The number of carbonyl (C=O) groups is 2. The summed E-state index contributed by atoms with van der Waals surface area (Å²) in [6.45, 7) is 3.51. The molecule has 0 bridgehead atoms. The van der Waals surface area contributed by atoms with Crippen LogP contribution in [0.25, 0.3) is 0 Å². The lowest BCUT2D eigenvalue weighted by Gasteiger charge is -2.32. The lowest BCUT2D eigenvalue weighted by Crippen LogP contribution is -2.51. The van der Waals surface area contributed by atoms with Crippen molar-refractivity contribution in [1.29, 1.82) is 0 Å². The molecule has 0 aliphatic heterocycles. The third-order valence-corrected chi connectivity index (χ3v) is 8.57. The normalized spacial score (nSPS) is 12.0. The number of unbranched alkanes of at least 4 members (excludes halogenated alkanes) is 1. The highest BCUT2D eigenvalue weighted by atomic mass is 35.5. The lowest BCUT2D eigenvalue weighted by atomic mass is 10.1. The van der Waals surface area contributed by atoms with Gasteiger partial charge in [0.2, 0.25) is 11.8 Å². The molecule has 1 atom stereocenters. The van der Waals surface area contributed by atoms with Crippen LogP contribution in [0, 0.1) is 0 Å². The minimum Gasteiger partial charge on any atom is -0.354 e. The molecule has 1 N–H and O–H groups in total. The number of sulfonamides is 1. The summed E-state index contributed by atoms with van der Waals surface area (Å²) in [7, 11) is -4.22. The Kier molecular flexibility index (Phi) is 11.1. The van der Waals surface area contributed by atoms with Crippen molar-refractivity contribution in [3.8, 4) is 0 Å². The standard InChI is InChI=1S/C28H30Cl3N3O4S/c1-3-4-15-32-28(36)20(2)33(18-21-9-8-10-22(29)16-21)27(35)19-34(26-14-13-23(30)17-25(26)31)39(37,38)24-11-6-5-7-12-24/h5-14,16-17,20H,3-4,15,18-19H2,1-2H3,(H,32,36)/t20-/m1/s1. The molecule has 0 saturated heterocycles. The highest BCUT2D eigenvalue weighted by molar-refractivity contribution is 7.92. The van der Waals surface area contributed by atoms with Crippen LogP contribution in [-0.4, -0.2) is 44.3 Å². The quantitative estimate of drug-likeness (QED) is 0.248. The van der Waals surface area contributed by atoms with Crippen molar-refractivity contribution in [3.05, 3.63) is 93.4 Å². The fourth-order valence-electron chi connectivity index (χ4n) is 3.87. The van der Waals surface area contributed by atoms with Crippen LogP contribution in [0.15, 0.2) is 77.7 Å². The molecule has 0 unspecified atom stereocenters. The van der Waals surface area contributed by atoms with Gasteiger partial charge in [0.25, 0.3) is 10.0 Å². The molecule has 0 spiro atoms. The van der Waals surface area contributed by atoms with E-state index in [2.05, 4.69) is 5.32 Å². The van der Waals surface area contributed by atoms with Gasteiger partial charge in [-0.05, 0) is 61.4 Å². The maximum atomic E-state index is 13.9. The van der Waals surface area contributed by atoms with E-state index >= 15 is 0 Å². The Labute approximate surface area is 244 Å². The first-order valence-electron chi connectivity index (χ1n) is 12.4. The molecular formula is C28H30Cl3N3O4S. The van der Waals surface area contributed by atoms with Crippen LogP contribution >= 0.6 is 34.8 Å². The van der Waals surface area contributed by atoms with Gasteiger partial charge in [-0.3, -0.25) is 13.9 Å². The number of carbonyl (C=O) groups excluding carboxylic acids is 2. The van der Waals surface area contributed by atoms with Crippen molar-refractivity contribution in [3.63, 3.8) is 0 Å². The SMILES string of the molecule is CCCCNC(=O)[C@@H](C)N(Cc1cccc(Cl)c1)C(=O)CN(c1ccc(Cl)cc1Cl)S(=O)(=O)c1ccccc1. The van der Waals surface area contributed by atoms with Crippen LogP contribution in [0.3, 0.4) is 0 Å². The van der Waals surface area contributed by atoms with Crippen LogP contribution in [0.4, 0.5) is 5.69 Å². The molecule has 208 valence electrons. The first kappa shape index (κ1) is 30.8. The van der Waals surface area contributed by atoms with Gasteiger partial charge in [-0.1, -0.05) is 78.5 Å². The van der Waals surface area contributed by atoms with E-state index < -0.39 is 28.5 Å². The summed E-state index contributed by atoms with van der Waals surface area (Å²) in [5, 5.41) is 3.69. The fraction of sp³-hybridized carbons (Fsp3) is 0.286. The number of amides is 2. The van der Waals surface area contributed by atoms with Crippen molar-refractivity contribution in [1.82, 2.24) is 10.2 Å². The van der Waals surface area contributed by atoms with Crippen LogP contribution in [0.2, 0.25) is 15.1 Å². The van der Waals surface area contributed by atoms with E-state index in [9.17, 15) is 18.0 Å². The number of hydrogen-bond acceptors (Lipinski definition) is 4. The second-order valence-electron chi connectivity index (χ2n) is 8.89. The number of benzene rings is 3. The first-order valence-corrected chi connectivity index (χ1v) is 15.0. The number of hydrogen-bond donors (Lipinski definition) is 1. The Hall–Kier alpha value is -2.78. The molecule has 7 nitrogen and oxygen atoms in total. The zero-order valence-corrected chi connectivity index (χ0v) is 24.7. The van der Waals surface area contributed by atoms with Crippen LogP contribution in [0.1, 0.15) is 32.3 Å². The molecule has 11 heteroatoms. The van der Waals surface area contributed by atoms with E-state index in [-0.39, 0.29) is 28.1 Å². The number of nitrogens with one attached hydrogen (secondary N) is 1. The Bertz CT molecular complexity index is 1400. The summed E-state index contributed by atoms with van der Waals surface area (Å²) >= 11 is 18.6. The predicted octanol–water partition coefficient (Wildman–Crippen LogP) is 6.18. The van der Waals surface area contributed by atoms with E-state index in [0.29, 0.717) is 22.2 Å². The van der Waals surface area contributed by atoms with E-state index in [1.807, 2.05) is 6.92 Å². The summed E-state index contributed by atoms with van der Waals surface area (Å²) in [5.41, 5.74) is 0.770. The molecule has 0 aromatic heterocycles. The lowest BCUT2D eigenvalue weighted by molar-refractivity contribution is -0.139. The number of anilines is 1. The number of nitrogens with zero attached hydrogens (tertiary/aromatic N) is 2. The minimum absolute atomic E-state index is 0.0180. The van der Waals surface area contributed by atoms with Gasteiger partial charge in [0.15, 0.2) is 0 Å². The van der Waals surface area contributed by atoms with Gasteiger partial charge < -0.3 is 10.2 Å². The topological polar surface area (TPSA) is 86.8 Å². The van der Waals surface area contributed by atoms with Crippen molar-refractivity contribution in [2.24, 2.45) is 0 Å². The van der Waals surface area contributed by atoms with Gasteiger partial charge in [-0.2, -0.15) is 0 Å². The van der Waals surface area contributed by atoms with E-state index in [4.69, 9.17) is 34.8 Å². The largest absolute Gasteiger partial charge is 0.354 e. The molecule has 39 heavy (non-hydrogen) atoms. The van der Waals surface area contributed by atoms with E-state index in [1.54, 1.807) is 49.4 Å². The Morgan fingerprint density at radius 3 is 2.26 bits per heavy atom. The fourth-order valence-corrected chi connectivity index (χ4v) is 6.09. The molecule has 0 radical (unpaired) electrons. The number of halogens is 3. The summed E-state index contributed by atoms with van der Waals surface area (Å²) in [4.78, 5) is 28.2. The average Bonchev–Trinajstić information content (AvgIpc) is 2.91. The van der Waals surface area contributed by atoms with Gasteiger partial charge in [-0.15, -0.1) is 0 Å². The van der Waals surface area contributed by atoms with E-state index in [1.165, 1.54) is 35.2 Å². The molecule has 0 aliphatic carbocycles. The van der Waals surface area contributed by atoms with Crippen LogP contribution in [0.5, 0.6) is 0 Å². The van der Waals surface area contributed by atoms with Crippen LogP contribution in [-0.2, 0) is 26.2 Å². The first-order chi connectivity index (χ1) is 18.5. The zero-order valence-electron chi connectivity index (χ0n) is 21.6. The molecule has 0 aliphatic rings. The molecule has 0 saturated carbocycles.